The van der Waals surface area contributed by atoms with Gasteiger partial charge in [0.05, 0.1) is 13.2 Å². The van der Waals surface area contributed by atoms with Gasteiger partial charge in [-0.3, -0.25) is 5.21 Å². The lowest BCUT2D eigenvalue weighted by Crippen LogP contribution is -2.34. The summed E-state index contributed by atoms with van der Waals surface area (Å²) in [4.78, 5) is 10.8. The first kappa shape index (κ1) is 11.3. The highest BCUT2D eigenvalue weighted by atomic mass is 16.5. The van der Waals surface area contributed by atoms with Crippen molar-refractivity contribution in [3.63, 3.8) is 0 Å². The lowest BCUT2D eigenvalue weighted by atomic mass is 10.1. The molecule has 0 fully saturated rings. The van der Waals surface area contributed by atoms with Crippen LogP contribution in [-0.2, 0) is 0 Å². The van der Waals surface area contributed by atoms with Crippen LogP contribution in [-0.4, -0.2) is 23.4 Å². The Labute approximate surface area is 88.0 Å². The molecule has 5 nitrogen and oxygen atoms in total. The first-order chi connectivity index (χ1) is 7.07. The fourth-order valence-corrected chi connectivity index (χ4v) is 1.33. The average molecular weight is 210 g/mol. The number of hydrogen-bond acceptors (Lipinski definition) is 3. The zero-order valence-electron chi connectivity index (χ0n) is 8.68. The van der Waals surface area contributed by atoms with Gasteiger partial charge in [0.1, 0.15) is 5.75 Å². The molecule has 3 N–H and O–H groups in total. The second-order valence-electron chi connectivity index (χ2n) is 3.10. The van der Waals surface area contributed by atoms with Crippen molar-refractivity contribution >= 4 is 6.03 Å². The molecule has 0 saturated carbocycles. The Morgan fingerprint density at radius 2 is 2.13 bits per heavy atom. The number of hydrogen-bond donors (Lipinski definition) is 2. The fourth-order valence-electron chi connectivity index (χ4n) is 1.33. The molecule has 0 saturated heterocycles. The smallest absolute Gasteiger partial charge is 0.339 e. The van der Waals surface area contributed by atoms with Crippen LogP contribution in [0.5, 0.6) is 5.75 Å². The predicted octanol–water partition coefficient (Wildman–Crippen LogP) is 1.53. The number of hydroxylamine groups is 2. The number of rotatable bonds is 3. The van der Waals surface area contributed by atoms with Crippen LogP contribution in [0, 0.1) is 0 Å². The van der Waals surface area contributed by atoms with E-state index >= 15 is 0 Å². The van der Waals surface area contributed by atoms with Gasteiger partial charge in [-0.25, -0.2) is 4.79 Å². The monoisotopic (exact) mass is 210 g/mol. The Hall–Kier alpha value is -1.75. The molecular weight excluding hydrogens is 196 g/mol. The van der Waals surface area contributed by atoms with Gasteiger partial charge in [-0.1, -0.05) is 18.2 Å². The van der Waals surface area contributed by atoms with E-state index in [1.54, 1.807) is 31.2 Å². The Balaban J connectivity index is 2.99. The molecule has 1 unspecified atom stereocenters. The number of carbonyl (C=O) groups excluding carboxylic acids is 1. The van der Waals surface area contributed by atoms with E-state index in [1.165, 1.54) is 7.11 Å². The third-order valence-electron chi connectivity index (χ3n) is 2.18. The third kappa shape index (κ3) is 2.38. The molecule has 0 aliphatic heterocycles. The first-order valence-electron chi connectivity index (χ1n) is 4.48. The van der Waals surface area contributed by atoms with Gasteiger partial charge in [-0.15, -0.1) is 0 Å². The van der Waals surface area contributed by atoms with Crippen LogP contribution in [0.25, 0.3) is 0 Å². The summed E-state index contributed by atoms with van der Waals surface area (Å²) >= 11 is 0. The highest BCUT2D eigenvalue weighted by Gasteiger charge is 2.19. The van der Waals surface area contributed by atoms with E-state index in [4.69, 9.17) is 10.5 Å². The number of nitrogens with two attached hydrogens (primary N) is 1. The van der Waals surface area contributed by atoms with Crippen LogP contribution in [0.3, 0.4) is 0 Å². The summed E-state index contributed by atoms with van der Waals surface area (Å²) in [5, 5.41) is 9.84. The minimum absolute atomic E-state index is 0.470. The Morgan fingerprint density at radius 1 is 1.53 bits per heavy atom. The number of nitrogens with zero attached hydrogens (tertiary/aromatic N) is 1. The summed E-state index contributed by atoms with van der Waals surface area (Å²) in [7, 11) is 1.53. The van der Waals surface area contributed by atoms with E-state index in [0.717, 1.165) is 0 Å². The van der Waals surface area contributed by atoms with E-state index in [9.17, 15) is 10.0 Å². The quantitative estimate of drug-likeness (QED) is 0.586. The molecule has 5 heteroatoms. The van der Waals surface area contributed by atoms with Gasteiger partial charge in [0.2, 0.25) is 0 Å². The van der Waals surface area contributed by atoms with Crippen LogP contribution in [0.15, 0.2) is 24.3 Å². The second-order valence-corrected chi connectivity index (χ2v) is 3.10. The number of methoxy groups -OCH3 is 1. The summed E-state index contributed by atoms with van der Waals surface area (Å²) in [6.07, 6.45) is 0. The molecule has 82 valence electrons. The number of carbonyl (C=O) groups is 1. The van der Waals surface area contributed by atoms with Crippen LogP contribution in [0.4, 0.5) is 4.79 Å². The van der Waals surface area contributed by atoms with E-state index in [-0.39, 0.29) is 0 Å². The molecule has 0 bridgehead atoms. The van der Waals surface area contributed by atoms with E-state index < -0.39 is 12.1 Å². The standard InChI is InChI=1S/C10H14N2O3/c1-7(12(14)10(11)13)8-5-3-4-6-9(8)15-2/h3-7,14H,1-2H3,(H2,11,13). The summed E-state index contributed by atoms with van der Waals surface area (Å²) < 4.78 is 5.11. The SMILES string of the molecule is COc1ccccc1C(C)N(O)C(N)=O. The minimum Gasteiger partial charge on any atom is -0.496 e. The summed E-state index contributed by atoms with van der Waals surface area (Å²) in [6.45, 7) is 1.66. The molecule has 0 radical (unpaired) electrons. The second kappa shape index (κ2) is 4.65. The topological polar surface area (TPSA) is 75.8 Å². The maximum atomic E-state index is 10.8. The van der Waals surface area contributed by atoms with Gasteiger partial charge < -0.3 is 10.5 Å². The maximum Gasteiger partial charge on any atom is 0.339 e. The Kier molecular flexibility index (Phi) is 3.51. The van der Waals surface area contributed by atoms with Crippen molar-refractivity contribution in [3.8, 4) is 5.75 Å². The molecule has 1 rings (SSSR count). The van der Waals surface area contributed by atoms with Crippen molar-refractivity contribution in [2.24, 2.45) is 5.73 Å². The zero-order valence-corrected chi connectivity index (χ0v) is 8.68. The largest absolute Gasteiger partial charge is 0.496 e. The lowest BCUT2D eigenvalue weighted by Gasteiger charge is -2.22. The molecular formula is C10H14N2O3. The number of ether oxygens (including phenoxy) is 1. The third-order valence-corrected chi connectivity index (χ3v) is 2.18. The van der Waals surface area contributed by atoms with Crippen molar-refractivity contribution in [1.82, 2.24) is 5.06 Å². The summed E-state index contributed by atoms with van der Waals surface area (Å²) in [6, 6.07) is 5.67. The predicted molar refractivity (Wildman–Crippen MR) is 54.6 cm³/mol. The normalized spacial score (nSPS) is 11.9. The first-order valence-corrected chi connectivity index (χ1v) is 4.48. The minimum atomic E-state index is -0.895. The molecule has 0 aliphatic carbocycles. The highest BCUT2D eigenvalue weighted by molar-refractivity contribution is 5.71. The van der Waals surface area contributed by atoms with Crippen molar-refractivity contribution in [2.45, 2.75) is 13.0 Å². The van der Waals surface area contributed by atoms with Crippen LogP contribution >= 0.6 is 0 Å². The molecule has 15 heavy (non-hydrogen) atoms. The van der Waals surface area contributed by atoms with Gasteiger partial charge in [0, 0.05) is 5.56 Å². The Morgan fingerprint density at radius 3 is 2.67 bits per heavy atom. The maximum absolute atomic E-state index is 10.8. The zero-order chi connectivity index (χ0) is 11.4. The van der Waals surface area contributed by atoms with Gasteiger partial charge in [-0.05, 0) is 13.0 Å². The Bertz CT molecular complexity index is 354. The van der Waals surface area contributed by atoms with Crippen molar-refractivity contribution in [1.29, 1.82) is 0 Å². The molecule has 1 aromatic rings. The highest BCUT2D eigenvalue weighted by Crippen LogP contribution is 2.27. The number of para-hydroxylation sites is 1. The van der Waals surface area contributed by atoms with E-state index in [2.05, 4.69) is 0 Å². The van der Waals surface area contributed by atoms with Crippen molar-refractivity contribution in [2.75, 3.05) is 7.11 Å². The van der Waals surface area contributed by atoms with Crippen molar-refractivity contribution in [3.05, 3.63) is 29.8 Å². The number of amides is 2. The van der Waals surface area contributed by atoms with Crippen molar-refractivity contribution < 1.29 is 14.7 Å². The molecule has 0 aliphatic rings. The van der Waals surface area contributed by atoms with Gasteiger partial charge in [0.15, 0.2) is 0 Å². The number of benzene rings is 1. The van der Waals surface area contributed by atoms with E-state index in [1.807, 2.05) is 0 Å². The summed E-state index contributed by atoms with van der Waals surface area (Å²) in [5.74, 6) is 0.602. The fraction of sp³-hybridized carbons (Fsp3) is 0.300. The van der Waals surface area contributed by atoms with Gasteiger partial charge in [-0.2, -0.15) is 5.06 Å². The van der Waals surface area contributed by atoms with Gasteiger partial charge >= 0.3 is 6.03 Å². The molecule has 1 atom stereocenters. The van der Waals surface area contributed by atoms with Crippen LogP contribution in [0.1, 0.15) is 18.5 Å². The van der Waals surface area contributed by atoms with Gasteiger partial charge in [0.25, 0.3) is 0 Å². The molecule has 0 heterocycles. The number of primary amides is 1. The average Bonchev–Trinajstić information content (AvgIpc) is 2.26. The lowest BCUT2D eigenvalue weighted by molar-refractivity contribution is -0.0714. The molecule has 2 amide bonds. The molecule has 0 aromatic heterocycles. The van der Waals surface area contributed by atoms with Crippen LogP contribution < -0.4 is 10.5 Å². The molecule has 1 aromatic carbocycles. The molecule has 0 spiro atoms. The number of urea groups is 1. The van der Waals surface area contributed by atoms with E-state index in [0.29, 0.717) is 16.4 Å². The van der Waals surface area contributed by atoms with Crippen LogP contribution in [0.2, 0.25) is 0 Å². The summed E-state index contributed by atoms with van der Waals surface area (Å²) in [5.41, 5.74) is 5.66.